The van der Waals surface area contributed by atoms with Crippen LogP contribution in [0.15, 0.2) is 0 Å². The molecule has 0 bridgehead atoms. The molecule has 2 amide bonds. The van der Waals surface area contributed by atoms with Crippen LogP contribution in [-0.2, 0) is 9.59 Å². The molecule has 5 nitrogen and oxygen atoms in total. The zero-order chi connectivity index (χ0) is 15.5. The van der Waals surface area contributed by atoms with Crippen molar-refractivity contribution >= 4 is 11.8 Å². The first-order valence-electron chi connectivity index (χ1n) is 8.25. The second kappa shape index (κ2) is 6.77. The molecule has 2 aliphatic rings. The van der Waals surface area contributed by atoms with Crippen LogP contribution < -0.4 is 10.6 Å². The van der Waals surface area contributed by atoms with Gasteiger partial charge in [0, 0.05) is 25.6 Å². The Kier molecular flexibility index (Phi) is 5.25. The molecule has 5 heteroatoms. The molecule has 2 rings (SSSR count). The van der Waals surface area contributed by atoms with Crippen LogP contribution >= 0.6 is 0 Å². The molecule has 120 valence electrons. The van der Waals surface area contributed by atoms with Crippen LogP contribution in [0.25, 0.3) is 0 Å². The molecule has 2 aliphatic heterocycles. The summed E-state index contributed by atoms with van der Waals surface area (Å²) in [5, 5.41) is 6.43. The van der Waals surface area contributed by atoms with Gasteiger partial charge in [-0.25, -0.2) is 0 Å². The molecule has 1 unspecified atom stereocenters. The number of carbonyl (C=O) groups is 2. The van der Waals surface area contributed by atoms with E-state index in [1.807, 2.05) is 11.8 Å². The number of amides is 2. The maximum atomic E-state index is 12.7. The smallest absolute Gasteiger partial charge is 0.240 e. The normalized spacial score (nSPS) is 26.4. The summed E-state index contributed by atoms with van der Waals surface area (Å²) in [6.45, 7) is 8.66. The lowest BCUT2D eigenvalue weighted by Crippen LogP contribution is -2.58. The third-order valence-electron chi connectivity index (χ3n) is 4.87. The maximum Gasteiger partial charge on any atom is 0.240 e. The molecule has 0 spiro atoms. The van der Waals surface area contributed by atoms with Crippen molar-refractivity contribution in [3.63, 3.8) is 0 Å². The highest BCUT2D eigenvalue weighted by Gasteiger charge is 2.39. The molecule has 2 fully saturated rings. The van der Waals surface area contributed by atoms with Gasteiger partial charge in [-0.1, -0.05) is 20.8 Å². The quantitative estimate of drug-likeness (QED) is 0.824. The summed E-state index contributed by atoms with van der Waals surface area (Å²) in [5.74, 6) is 0.342. The molecule has 0 aliphatic carbocycles. The number of carbonyl (C=O) groups excluding carboxylic acids is 2. The van der Waals surface area contributed by atoms with E-state index >= 15 is 0 Å². The molecule has 2 N–H and O–H groups in total. The molecule has 1 atom stereocenters. The summed E-state index contributed by atoms with van der Waals surface area (Å²) in [6.07, 6.45) is 4.50. The summed E-state index contributed by atoms with van der Waals surface area (Å²) in [7, 11) is 0. The van der Waals surface area contributed by atoms with Crippen molar-refractivity contribution in [1.82, 2.24) is 15.5 Å². The number of hydrogen-bond acceptors (Lipinski definition) is 3. The van der Waals surface area contributed by atoms with E-state index in [0.717, 1.165) is 45.3 Å². The fraction of sp³-hybridized carbons (Fsp3) is 0.875. The van der Waals surface area contributed by atoms with Gasteiger partial charge < -0.3 is 15.5 Å². The van der Waals surface area contributed by atoms with E-state index in [1.54, 1.807) is 0 Å². The Morgan fingerprint density at radius 2 is 1.95 bits per heavy atom. The van der Waals surface area contributed by atoms with Crippen LogP contribution in [0.1, 0.15) is 52.9 Å². The molecular formula is C16H29N3O2. The molecule has 2 heterocycles. The predicted octanol–water partition coefficient (Wildman–Crippen LogP) is 1.28. The zero-order valence-corrected chi connectivity index (χ0v) is 13.6. The first kappa shape index (κ1) is 16.3. The van der Waals surface area contributed by atoms with E-state index in [4.69, 9.17) is 0 Å². The molecule has 21 heavy (non-hydrogen) atoms. The summed E-state index contributed by atoms with van der Waals surface area (Å²) in [6, 6.07) is 0.168. The van der Waals surface area contributed by atoms with E-state index in [0.29, 0.717) is 6.42 Å². The summed E-state index contributed by atoms with van der Waals surface area (Å²) < 4.78 is 0. The van der Waals surface area contributed by atoms with Crippen molar-refractivity contribution in [2.45, 2.75) is 65.0 Å². The summed E-state index contributed by atoms with van der Waals surface area (Å²) in [4.78, 5) is 26.1. The van der Waals surface area contributed by atoms with E-state index < -0.39 is 0 Å². The minimum Gasteiger partial charge on any atom is -0.353 e. The van der Waals surface area contributed by atoms with Gasteiger partial charge in [-0.3, -0.25) is 9.59 Å². The lowest BCUT2D eigenvalue weighted by atomic mass is 9.77. The van der Waals surface area contributed by atoms with Crippen LogP contribution in [0.4, 0.5) is 0 Å². The first-order valence-corrected chi connectivity index (χ1v) is 8.25. The lowest BCUT2D eigenvalue weighted by molar-refractivity contribution is -0.138. The highest BCUT2D eigenvalue weighted by molar-refractivity contribution is 5.83. The minimum absolute atomic E-state index is 0.0304. The van der Waals surface area contributed by atoms with Crippen molar-refractivity contribution in [2.75, 3.05) is 19.6 Å². The van der Waals surface area contributed by atoms with Crippen molar-refractivity contribution in [1.29, 1.82) is 0 Å². The topological polar surface area (TPSA) is 61.4 Å². The Bertz CT molecular complexity index is 387. The Morgan fingerprint density at radius 1 is 1.29 bits per heavy atom. The van der Waals surface area contributed by atoms with Gasteiger partial charge in [0.05, 0.1) is 6.04 Å². The number of hydrogen-bond donors (Lipinski definition) is 2. The summed E-state index contributed by atoms with van der Waals surface area (Å²) >= 11 is 0. The number of likely N-dealkylation sites (tertiary alicyclic amines) is 1. The monoisotopic (exact) mass is 295 g/mol. The molecule has 2 saturated heterocycles. The average molecular weight is 295 g/mol. The Labute approximate surface area is 127 Å². The molecule has 0 aromatic rings. The van der Waals surface area contributed by atoms with Gasteiger partial charge in [-0.05, 0) is 37.6 Å². The van der Waals surface area contributed by atoms with E-state index in [-0.39, 0.29) is 29.3 Å². The van der Waals surface area contributed by atoms with Crippen molar-refractivity contribution in [2.24, 2.45) is 5.41 Å². The molecule has 0 aromatic carbocycles. The van der Waals surface area contributed by atoms with Crippen LogP contribution in [0.3, 0.4) is 0 Å². The van der Waals surface area contributed by atoms with E-state index in [2.05, 4.69) is 24.5 Å². The van der Waals surface area contributed by atoms with Crippen molar-refractivity contribution < 1.29 is 9.59 Å². The molecular weight excluding hydrogens is 266 g/mol. The number of nitrogens with one attached hydrogen (secondary N) is 2. The third kappa shape index (κ3) is 3.96. The van der Waals surface area contributed by atoms with Crippen LogP contribution in [0.5, 0.6) is 0 Å². The molecule has 0 radical (unpaired) electrons. The highest BCUT2D eigenvalue weighted by Crippen LogP contribution is 2.31. The van der Waals surface area contributed by atoms with E-state index in [9.17, 15) is 9.59 Å². The Hall–Kier alpha value is -1.10. The van der Waals surface area contributed by atoms with Gasteiger partial charge in [0.1, 0.15) is 0 Å². The fourth-order valence-electron chi connectivity index (χ4n) is 3.39. The second-order valence-electron chi connectivity index (χ2n) is 7.00. The Morgan fingerprint density at radius 3 is 2.52 bits per heavy atom. The predicted molar refractivity (Wildman–Crippen MR) is 82.8 cm³/mol. The first-order chi connectivity index (χ1) is 9.94. The SMILES string of the molecule is CCC(=O)NC1CCN(C(=O)C2NCCCC2(C)C)CC1. The maximum absolute atomic E-state index is 12.7. The second-order valence-corrected chi connectivity index (χ2v) is 7.00. The average Bonchev–Trinajstić information content (AvgIpc) is 2.47. The summed E-state index contributed by atoms with van der Waals surface area (Å²) in [5.41, 5.74) is 0.0304. The van der Waals surface area contributed by atoms with Crippen LogP contribution in [0.2, 0.25) is 0 Å². The largest absolute Gasteiger partial charge is 0.353 e. The Balaban J connectivity index is 1.86. The van der Waals surface area contributed by atoms with Crippen LogP contribution in [0, 0.1) is 5.41 Å². The van der Waals surface area contributed by atoms with E-state index in [1.165, 1.54) is 0 Å². The highest BCUT2D eigenvalue weighted by atomic mass is 16.2. The van der Waals surface area contributed by atoms with Crippen molar-refractivity contribution in [3.05, 3.63) is 0 Å². The van der Waals surface area contributed by atoms with Gasteiger partial charge in [0.15, 0.2) is 0 Å². The number of rotatable bonds is 3. The van der Waals surface area contributed by atoms with Gasteiger partial charge in [-0.15, -0.1) is 0 Å². The molecule has 0 saturated carbocycles. The zero-order valence-electron chi connectivity index (χ0n) is 13.6. The third-order valence-corrected chi connectivity index (χ3v) is 4.87. The fourth-order valence-corrected chi connectivity index (χ4v) is 3.39. The number of piperidine rings is 2. The lowest BCUT2D eigenvalue weighted by Gasteiger charge is -2.42. The van der Waals surface area contributed by atoms with Gasteiger partial charge in [0.2, 0.25) is 11.8 Å². The van der Waals surface area contributed by atoms with Crippen molar-refractivity contribution in [3.8, 4) is 0 Å². The van der Waals surface area contributed by atoms with Gasteiger partial charge >= 0.3 is 0 Å². The number of nitrogens with zero attached hydrogens (tertiary/aromatic N) is 1. The molecule has 0 aromatic heterocycles. The minimum atomic E-state index is -0.0620. The van der Waals surface area contributed by atoms with Crippen LogP contribution in [-0.4, -0.2) is 48.4 Å². The standard InChI is InChI=1S/C16H29N3O2/c1-4-13(20)18-12-6-10-19(11-7-12)15(21)14-16(2,3)8-5-9-17-14/h12,14,17H,4-11H2,1-3H3,(H,18,20). The van der Waals surface area contributed by atoms with Gasteiger partial charge in [0.25, 0.3) is 0 Å². The van der Waals surface area contributed by atoms with Gasteiger partial charge in [-0.2, -0.15) is 0 Å².